The Balaban J connectivity index is 1.40. The third-order valence-electron chi connectivity index (χ3n) is 5.79. The molecule has 0 aliphatic carbocycles. The van der Waals surface area contributed by atoms with Crippen molar-refractivity contribution in [3.05, 3.63) is 70.8 Å². The summed E-state index contributed by atoms with van der Waals surface area (Å²) in [5, 5.41) is 5.56. The standard InChI is InChI=1S/C26H35N3O2/c1-26(2,3)23-13-11-22(12-14-23)25(31)28-18-24(30)27-17-20-7-9-21(10-8-20)19-29-15-5-4-6-16-29/h7-14H,4-6,15-19H2,1-3H3,(H,27,30)(H,28,31). The molecule has 1 aliphatic heterocycles. The molecule has 0 unspecified atom stereocenters. The summed E-state index contributed by atoms with van der Waals surface area (Å²) in [4.78, 5) is 26.9. The van der Waals surface area contributed by atoms with Gasteiger partial charge in [0, 0.05) is 18.7 Å². The molecule has 0 atom stereocenters. The molecule has 1 saturated heterocycles. The summed E-state index contributed by atoms with van der Waals surface area (Å²) in [6.07, 6.45) is 3.94. The molecule has 0 bridgehead atoms. The highest BCUT2D eigenvalue weighted by Crippen LogP contribution is 2.22. The third-order valence-corrected chi connectivity index (χ3v) is 5.79. The highest BCUT2D eigenvalue weighted by molar-refractivity contribution is 5.96. The summed E-state index contributed by atoms with van der Waals surface area (Å²) < 4.78 is 0. The average molecular weight is 422 g/mol. The zero-order chi connectivity index (χ0) is 22.3. The smallest absolute Gasteiger partial charge is 0.251 e. The van der Waals surface area contributed by atoms with Crippen LogP contribution in [0.2, 0.25) is 0 Å². The van der Waals surface area contributed by atoms with Crippen LogP contribution in [0.1, 0.15) is 67.1 Å². The Morgan fingerprint density at radius 3 is 2.06 bits per heavy atom. The van der Waals surface area contributed by atoms with Gasteiger partial charge in [-0.2, -0.15) is 0 Å². The molecule has 3 rings (SSSR count). The number of hydrogen-bond donors (Lipinski definition) is 2. The summed E-state index contributed by atoms with van der Waals surface area (Å²) >= 11 is 0. The van der Waals surface area contributed by atoms with Crippen molar-refractivity contribution in [2.24, 2.45) is 0 Å². The van der Waals surface area contributed by atoms with E-state index in [0.29, 0.717) is 12.1 Å². The Labute approximate surface area is 186 Å². The number of carbonyl (C=O) groups excluding carboxylic acids is 2. The van der Waals surface area contributed by atoms with Crippen LogP contribution in [0.5, 0.6) is 0 Å². The van der Waals surface area contributed by atoms with E-state index in [2.05, 4.69) is 60.6 Å². The van der Waals surface area contributed by atoms with Crippen molar-refractivity contribution in [3.63, 3.8) is 0 Å². The van der Waals surface area contributed by atoms with Gasteiger partial charge in [-0.05, 0) is 60.2 Å². The summed E-state index contributed by atoms with van der Waals surface area (Å²) in [5.41, 5.74) is 4.14. The van der Waals surface area contributed by atoms with Crippen molar-refractivity contribution in [3.8, 4) is 0 Å². The summed E-state index contributed by atoms with van der Waals surface area (Å²) in [6, 6.07) is 15.9. The molecule has 1 aliphatic rings. The van der Waals surface area contributed by atoms with Crippen molar-refractivity contribution in [1.82, 2.24) is 15.5 Å². The number of carbonyl (C=O) groups is 2. The minimum Gasteiger partial charge on any atom is -0.350 e. The maximum absolute atomic E-state index is 12.3. The lowest BCUT2D eigenvalue weighted by Gasteiger charge is -2.26. The van der Waals surface area contributed by atoms with Gasteiger partial charge in [0.15, 0.2) is 0 Å². The van der Waals surface area contributed by atoms with Gasteiger partial charge in [-0.25, -0.2) is 0 Å². The number of nitrogens with zero attached hydrogens (tertiary/aromatic N) is 1. The van der Waals surface area contributed by atoms with E-state index in [1.54, 1.807) is 12.1 Å². The molecule has 5 heteroatoms. The van der Waals surface area contributed by atoms with Crippen LogP contribution in [0.15, 0.2) is 48.5 Å². The first-order chi connectivity index (χ1) is 14.8. The second-order valence-corrected chi connectivity index (χ2v) is 9.44. The first kappa shape index (κ1) is 23.0. The minimum absolute atomic E-state index is 0.0348. The molecule has 0 saturated carbocycles. The van der Waals surface area contributed by atoms with E-state index in [1.165, 1.54) is 43.5 Å². The molecule has 166 valence electrons. The van der Waals surface area contributed by atoms with Crippen LogP contribution in [-0.4, -0.2) is 36.3 Å². The van der Waals surface area contributed by atoms with E-state index in [4.69, 9.17) is 0 Å². The fourth-order valence-electron chi connectivity index (χ4n) is 3.79. The van der Waals surface area contributed by atoms with Crippen LogP contribution in [0.25, 0.3) is 0 Å². The van der Waals surface area contributed by atoms with Gasteiger partial charge in [-0.15, -0.1) is 0 Å². The number of nitrogens with one attached hydrogen (secondary N) is 2. The van der Waals surface area contributed by atoms with Gasteiger partial charge in [0.25, 0.3) is 5.91 Å². The first-order valence-electron chi connectivity index (χ1n) is 11.3. The molecular formula is C26H35N3O2. The number of amides is 2. The van der Waals surface area contributed by atoms with Gasteiger partial charge >= 0.3 is 0 Å². The molecule has 1 heterocycles. The van der Waals surface area contributed by atoms with Crippen LogP contribution in [-0.2, 0) is 23.3 Å². The molecule has 31 heavy (non-hydrogen) atoms. The Hall–Kier alpha value is -2.66. The highest BCUT2D eigenvalue weighted by Gasteiger charge is 2.15. The van der Waals surface area contributed by atoms with E-state index in [-0.39, 0.29) is 23.8 Å². The summed E-state index contributed by atoms with van der Waals surface area (Å²) in [5.74, 6) is -0.435. The van der Waals surface area contributed by atoms with Crippen molar-refractivity contribution in [2.75, 3.05) is 19.6 Å². The predicted molar refractivity (Wildman–Crippen MR) is 125 cm³/mol. The molecule has 2 aromatic rings. The Kier molecular flexibility index (Phi) is 7.85. The zero-order valence-corrected chi connectivity index (χ0v) is 19.0. The molecule has 2 N–H and O–H groups in total. The molecule has 0 aromatic heterocycles. The Bertz CT molecular complexity index is 861. The van der Waals surface area contributed by atoms with Crippen molar-refractivity contribution >= 4 is 11.8 Å². The van der Waals surface area contributed by atoms with Crippen molar-refractivity contribution in [1.29, 1.82) is 0 Å². The number of benzene rings is 2. The maximum Gasteiger partial charge on any atom is 0.251 e. The van der Waals surface area contributed by atoms with Crippen LogP contribution in [0.4, 0.5) is 0 Å². The number of hydrogen-bond acceptors (Lipinski definition) is 3. The number of piperidine rings is 1. The second kappa shape index (κ2) is 10.6. The highest BCUT2D eigenvalue weighted by atomic mass is 16.2. The zero-order valence-electron chi connectivity index (χ0n) is 19.0. The fraction of sp³-hybridized carbons (Fsp3) is 0.462. The van der Waals surface area contributed by atoms with Crippen molar-refractivity contribution < 1.29 is 9.59 Å². The topological polar surface area (TPSA) is 61.4 Å². The SMILES string of the molecule is CC(C)(C)c1ccc(C(=O)NCC(=O)NCc2ccc(CN3CCCCC3)cc2)cc1. The first-order valence-corrected chi connectivity index (χ1v) is 11.3. The molecule has 0 radical (unpaired) electrons. The summed E-state index contributed by atoms with van der Waals surface area (Å²) in [7, 11) is 0. The lowest BCUT2D eigenvalue weighted by atomic mass is 9.87. The molecule has 2 aromatic carbocycles. The summed E-state index contributed by atoms with van der Waals surface area (Å²) in [6.45, 7) is 10.2. The molecule has 5 nitrogen and oxygen atoms in total. The average Bonchev–Trinajstić information content (AvgIpc) is 2.77. The van der Waals surface area contributed by atoms with Gasteiger partial charge < -0.3 is 10.6 Å². The van der Waals surface area contributed by atoms with E-state index in [0.717, 1.165) is 12.1 Å². The maximum atomic E-state index is 12.3. The lowest BCUT2D eigenvalue weighted by molar-refractivity contribution is -0.120. The fourth-order valence-corrected chi connectivity index (χ4v) is 3.79. The van der Waals surface area contributed by atoms with E-state index in [1.807, 2.05) is 12.1 Å². The monoisotopic (exact) mass is 421 g/mol. The van der Waals surface area contributed by atoms with Gasteiger partial charge in [0.1, 0.15) is 0 Å². The largest absolute Gasteiger partial charge is 0.350 e. The van der Waals surface area contributed by atoms with Gasteiger partial charge in [-0.1, -0.05) is 63.6 Å². The molecular weight excluding hydrogens is 386 g/mol. The van der Waals surface area contributed by atoms with Crippen LogP contribution < -0.4 is 10.6 Å². The third kappa shape index (κ3) is 7.21. The second-order valence-electron chi connectivity index (χ2n) is 9.44. The van der Waals surface area contributed by atoms with Crippen LogP contribution >= 0.6 is 0 Å². The molecule has 0 spiro atoms. The number of rotatable bonds is 7. The molecule has 2 amide bonds. The van der Waals surface area contributed by atoms with Crippen LogP contribution in [0.3, 0.4) is 0 Å². The Morgan fingerprint density at radius 2 is 1.45 bits per heavy atom. The lowest BCUT2D eigenvalue weighted by Crippen LogP contribution is -2.36. The Morgan fingerprint density at radius 1 is 0.839 bits per heavy atom. The quantitative estimate of drug-likeness (QED) is 0.710. The van der Waals surface area contributed by atoms with Gasteiger partial charge in [-0.3, -0.25) is 14.5 Å². The van der Waals surface area contributed by atoms with E-state index < -0.39 is 0 Å². The number of likely N-dealkylation sites (tertiary alicyclic amines) is 1. The predicted octanol–water partition coefficient (Wildman–Crippen LogP) is 4.02. The minimum atomic E-state index is -0.238. The van der Waals surface area contributed by atoms with Crippen molar-refractivity contribution in [2.45, 2.75) is 58.5 Å². The normalized spacial score (nSPS) is 14.8. The van der Waals surface area contributed by atoms with E-state index >= 15 is 0 Å². The van der Waals surface area contributed by atoms with Gasteiger partial charge in [0.05, 0.1) is 6.54 Å². The van der Waals surface area contributed by atoms with E-state index in [9.17, 15) is 9.59 Å². The molecule has 1 fully saturated rings. The van der Waals surface area contributed by atoms with Crippen LogP contribution in [0, 0.1) is 0 Å². The van der Waals surface area contributed by atoms with Gasteiger partial charge in [0.2, 0.25) is 5.91 Å².